The molecule has 8 heteroatoms. The van der Waals surface area contributed by atoms with E-state index in [4.69, 9.17) is 19.3 Å². The van der Waals surface area contributed by atoms with E-state index in [1.165, 1.54) is 0 Å². The predicted molar refractivity (Wildman–Crippen MR) is 145 cm³/mol. The molecule has 0 radical (unpaired) electrons. The van der Waals surface area contributed by atoms with Crippen molar-refractivity contribution in [1.82, 2.24) is 4.98 Å². The molecule has 3 aliphatic rings. The van der Waals surface area contributed by atoms with Crippen LogP contribution in [0.3, 0.4) is 0 Å². The molecule has 2 unspecified atom stereocenters. The van der Waals surface area contributed by atoms with Gasteiger partial charge in [0, 0.05) is 41.8 Å². The lowest BCUT2D eigenvalue weighted by atomic mass is 9.90. The van der Waals surface area contributed by atoms with Gasteiger partial charge >= 0.3 is 5.97 Å². The number of carbonyl (C=O) groups is 1. The second kappa shape index (κ2) is 10.5. The molecule has 3 heterocycles. The molecule has 1 aromatic heterocycles. The van der Waals surface area contributed by atoms with Gasteiger partial charge in [0.2, 0.25) is 0 Å². The number of ether oxygens (including phenoxy) is 3. The Morgan fingerprint density at radius 3 is 2.74 bits per heavy atom. The Labute approximate surface area is 227 Å². The molecule has 2 N–H and O–H groups in total. The number of carboxylic acids is 1. The topological polar surface area (TPSA) is 89.9 Å². The number of aliphatic carboxylic acids is 1. The molecule has 0 bridgehead atoms. The zero-order chi connectivity index (χ0) is 27.1. The summed E-state index contributed by atoms with van der Waals surface area (Å²) in [4.78, 5) is 15.7. The molecule has 2 aliphatic heterocycles. The summed E-state index contributed by atoms with van der Waals surface area (Å²) in [6, 6.07) is 9.18. The van der Waals surface area contributed by atoms with Gasteiger partial charge in [-0.25, -0.2) is 9.37 Å². The molecule has 3 aromatic rings. The standard InChI is InChI=1S/C31H33FN2O5/c1-17-9-21(38-15-19-7-8-37-14-19)10-18(2)30(17)22-3-5-25(32)31-23(22)4-6-26(31)34-28-12-27-24(13-33-28)20(16-39-27)11-29(35)36/h3,5,9-10,12-13,19-20,26H,4,6-8,11,14-16H2,1-2H3,(H,33,34)(H,35,36)/t19?,20?,26-/m1/s1. The van der Waals surface area contributed by atoms with Crippen LogP contribution in [0.15, 0.2) is 36.5 Å². The van der Waals surface area contributed by atoms with E-state index < -0.39 is 5.97 Å². The number of pyridine rings is 1. The predicted octanol–water partition coefficient (Wildman–Crippen LogP) is 5.97. The third-order valence-corrected chi connectivity index (χ3v) is 8.14. The van der Waals surface area contributed by atoms with Crippen LogP contribution in [0.2, 0.25) is 0 Å². The maximum absolute atomic E-state index is 15.3. The van der Waals surface area contributed by atoms with Crippen molar-refractivity contribution in [1.29, 1.82) is 0 Å². The smallest absolute Gasteiger partial charge is 0.304 e. The Kier molecular flexibility index (Phi) is 6.89. The van der Waals surface area contributed by atoms with Crippen LogP contribution in [0.4, 0.5) is 10.2 Å². The first-order valence-electron chi connectivity index (χ1n) is 13.6. The van der Waals surface area contributed by atoms with Crippen molar-refractivity contribution >= 4 is 11.8 Å². The summed E-state index contributed by atoms with van der Waals surface area (Å²) in [6.45, 7) is 6.71. The monoisotopic (exact) mass is 532 g/mol. The van der Waals surface area contributed by atoms with E-state index in [1.54, 1.807) is 18.3 Å². The molecule has 2 aromatic carbocycles. The van der Waals surface area contributed by atoms with Crippen molar-refractivity contribution in [3.63, 3.8) is 0 Å². The fourth-order valence-corrected chi connectivity index (χ4v) is 6.25. The van der Waals surface area contributed by atoms with Crippen molar-refractivity contribution in [3.8, 4) is 22.6 Å². The van der Waals surface area contributed by atoms with Crippen LogP contribution < -0.4 is 14.8 Å². The third-order valence-electron chi connectivity index (χ3n) is 8.14. The van der Waals surface area contributed by atoms with E-state index >= 15 is 4.39 Å². The third kappa shape index (κ3) is 5.05. The highest BCUT2D eigenvalue weighted by molar-refractivity contribution is 5.77. The molecule has 0 spiro atoms. The van der Waals surface area contributed by atoms with Crippen LogP contribution in [0.1, 0.15) is 59.0 Å². The number of fused-ring (bicyclic) bond motifs is 2. The average molecular weight is 533 g/mol. The molecule has 0 amide bonds. The first-order valence-corrected chi connectivity index (χ1v) is 13.6. The van der Waals surface area contributed by atoms with Crippen molar-refractivity contribution in [2.45, 2.75) is 51.5 Å². The lowest BCUT2D eigenvalue weighted by Crippen LogP contribution is -2.12. The molecule has 7 nitrogen and oxygen atoms in total. The zero-order valence-electron chi connectivity index (χ0n) is 22.3. The number of nitrogens with one attached hydrogen (secondary N) is 1. The minimum Gasteiger partial charge on any atom is -0.493 e. The Morgan fingerprint density at radius 2 is 2.00 bits per heavy atom. The van der Waals surface area contributed by atoms with Gasteiger partial charge in [0.1, 0.15) is 23.1 Å². The van der Waals surface area contributed by atoms with E-state index in [0.29, 0.717) is 36.3 Å². The van der Waals surface area contributed by atoms with Gasteiger partial charge in [-0.1, -0.05) is 6.07 Å². The molecule has 1 aliphatic carbocycles. The second-order valence-electron chi connectivity index (χ2n) is 10.9. The molecule has 204 valence electrons. The van der Waals surface area contributed by atoms with Crippen molar-refractivity contribution in [2.75, 3.05) is 31.7 Å². The minimum absolute atomic E-state index is 0.00681. The van der Waals surface area contributed by atoms with Crippen LogP contribution in [0.25, 0.3) is 11.1 Å². The summed E-state index contributed by atoms with van der Waals surface area (Å²) in [7, 11) is 0. The number of rotatable bonds is 8. The summed E-state index contributed by atoms with van der Waals surface area (Å²) in [6.07, 6.45) is 4.21. The van der Waals surface area contributed by atoms with Gasteiger partial charge in [-0.05, 0) is 79.1 Å². The highest BCUT2D eigenvalue weighted by Gasteiger charge is 2.31. The first kappa shape index (κ1) is 25.6. The fourth-order valence-electron chi connectivity index (χ4n) is 6.25. The quantitative estimate of drug-likeness (QED) is 0.369. The number of aryl methyl sites for hydroxylation is 2. The van der Waals surface area contributed by atoms with Gasteiger partial charge in [0.15, 0.2) is 0 Å². The summed E-state index contributed by atoms with van der Waals surface area (Å²) >= 11 is 0. The van der Waals surface area contributed by atoms with Gasteiger partial charge < -0.3 is 24.6 Å². The number of nitrogens with zero attached hydrogens (tertiary/aromatic N) is 1. The van der Waals surface area contributed by atoms with Crippen molar-refractivity contribution < 1.29 is 28.5 Å². The van der Waals surface area contributed by atoms with Gasteiger partial charge in [-0.15, -0.1) is 0 Å². The Balaban J connectivity index is 1.24. The number of benzene rings is 2. The number of anilines is 1. The summed E-state index contributed by atoms with van der Waals surface area (Å²) < 4.78 is 32.6. The number of halogens is 1. The van der Waals surface area contributed by atoms with E-state index in [1.807, 2.05) is 6.07 Å². The SMILES string of the molecule is Cc1cc(OCC2CCOC2)cc(C)c1-c1ccc(F)c2c1CC[C@H]2Nc1cc2c(cn1)C(CC(=O)O)CO2. The first-order chi connectivity index (χ1) is 18.9. The fraction of sp³-hybridized carbons (Fsp3) is 0.419. The van der Waals surface area contributed by atoms with Gasteiger partial charge in [-0.3, -0.25) is 4.79 Å². The molecule has 1 saturated heterocycles. The Hall–Kier alpha value is -3.65. The van der Waals surface area contributed by atoms with E-state index in [9.17, 15) is 4.79 Å². The number of carboxylic acid groups (broad SMARTS) is 1. The van der Waals surface area contributed by atoms with E-state index in [-0.39, 0.29) is 24.2 Å². The minimum atomic E-state index is -0.862. The maximum Gasteiger partial charge on any atom is 0.304 e. The van der Waals surface area contributed by atoms with Gasteiger partial charge in [-0.2, -0.15) is 0 Å². The molecule has 6 rings (SSSR count). The highest BCUT2D eigenvalue weighted by atomic mass is 19.1. The van der Waals surface area contributed by atoms with Crippen LogP contribution in [-0.2, 0) is 16.0 Å². The molecular formula is C31H33FN2O5. The molecule has 3 atom stereocenters. The van der Waals surface area contributed by atoms with Crippen LogP contribution in [-0.4, -0.2) is 42.5 Å². The van der Waals surface area contributed by atoms with E-state index in [0.717, 1.165) is 71.6 Å². The average Bonchev–Trinajstić information content (AvgIpc) is 3.65. The number of hydrogen-bond donors (Lipinski definition) is 2. The largest absolute Gasteiger partial charge is 0.493 e. The lowest BCUT2D eigenvalue weighted by Gasteiger charge is -2.19. The highest BCUT2D eigenvalue weighted by Crippen LogP contribution is 2.44. The lowest BCUT2D eigenvalue weighted by molar-refractivity contribution is -0.137. The molecule has 39 heavy (non-hydrogen) atoms. The molecule has 0 saturated carbocycles. The van der Waals surface area contributed by atoms with E-state index in [2.05, 4.69) is 36.3 Å². The van der Waals surface area contributed by atoms with Crippen molar-refractivity contribution in [2.24, 2.45) is 5.92 Å². The number of hydrogen-bond acceptors (Lipinski definition) is 6. The maximum atomic E-state index is 15.3. The number of aromatic nitrogens is 1. The van der Waals surface area contributed by atoms with Crippen LogP contribution in [0, 0.1) is 25.6 Å². The van der Waals surface area contributed by atoms with Crippen LogP contribution >= 0.6 is 0 Å². The Bertz CT molecular complexity index is 1400. The zero-order valence-corrected chi connectivity index (χ0v) is 22.3. The Morgan fingerprint density at radius 1 is 1.18 bits per heavy atom. The molecular weight excluding hydrogens is 499 g/mol. The summed E-state index contributed by atoms with van der Waals surface area (Å²) in [5.41, 5.74) is 6.89. The summed E-state index contributed by atoms with van der Waals surface area (Å²) in [5.74, 6) is 1.24. The van der Waals surface area contributed by atoms with Gasteiger partial charge in [0.05, 0.1) is 32.3 Å². The van der Waals surface area contributed by atoms with Gasteiger partial charge in [0.25, 0.3) is 0 Å². The molecule has 1 fully saturated rings. The van der Waals surface area contributed by atoms with Crippen molar-refractivity contribution in [3.05, 3.63) is 70.2 Å². The summed E-state index contributed by atoms with van der Waals surface area (Å²) in [5, 5.41) is 12.6. The second-order valence-corrected chi connectivity index (χ2v) is 10.9. The normalized spacial score (nSPS) is 21.4. The van der Waals surface area contributed by atoms with Crippen LogP contribution in [0.5, 0.6) is 11.5 Å².